The van der Waals surface area contributed by atoms with E-state index in [0.29, 0.717) is 10.7 Å². The van der Waals surface area contributed by atoms with Gasteiger partial charge in [-0.25, -0.2) is 4.79 Å². The Kier molecular flexibility index (Phi) is 6.97. The molecule has 0 atom stereocenters. The van der Waals surface area contributed by atoms with Gasteiger partial charge in [-0.2, -0.15) is 15.1 Å². The van der Waals surface area contributed by atoms with E-state index in [1.54, 1.807) is 19.1 Å². The first-order valence-corrected chi connectivity index (χ1v) is 11.7. The first-order valence-electron chi connectivity index (χ1n) is 10.9. The first-order chi connectivity index (χ1) is 17.2. The van der Waals surface area contributed by atoms with Crippen LogP contribution in [-0.4, -0.2) is 44.5 Å². The number of carbonyl (C=O) groups is 2. The Bertz CT molecular complexity index is 1380. The zero-order chi connectivity index (χ0) is 26.0. The van der Waals surface area contributed by atoms with Crippen LogP contribution in [0.3, 0.4) is 0 Å². The lowest BCUT2D eigenvalue weighted by atomic mass is 10.1. The molecule has 2 heterocycles. The number of amides is 1. The van der Waals surface area contributed by atoms with Gasteiger partial charge < -0.3 is 9.47 Å². The molecule has 0 bridgehead atoms. The summed E-state index contributed by atoms with van der Waals surface area (Å²) < 4.78 is 11.0. The number of esters is 1. The third-order valence-corrected chi connectivity index (χ3v) is 6.25. The molecule has 1 N–H and O–H groups in total. The van der Waals surface area contributed by atoms with Crippen LogP contribution in [0.2, 0.25) is 0 Å². The SMILES string of the molecule is CCOc1cc(C=C2C(=N)N3N=C(C(C)C)SC3=NC2=O)ccc1OC(=O)c1cccc([N+](=O)[O-])c1. The second-order valence-corrected chi connectivity index (χ2v) is 8.94. The number of benzene rings is 2. The van der Waals surface area contributed by atoms with Crippen molar-refractivity contribution in [2.75, 3.05) is 6.61 Å². The number of fused-ring (bicyclic) bond motifs is 1. The van der Waals surface area contributed by atoms with Crippen LogP contribution in [-0.2, 0) is 4.79 Å². The molecule has 4 rings (SSSR count). The highest BCUT2D eigenvalue weighted by molar-refractivity contribution is 8.27. The van der Waals surface area contributed by atoms with E-state index in [0.717, 1.165) is 11.1 Å². The number of nitrogens with one attached hydrogen (secondary N) is 1. The fourth-order valence-electron chi connectivity index (χ4n) is 3.28. The molecule has 184 valence electrons. The van der Waals surface area contributed by atoms with E-state index in [9.17, 15) is 19.7 Å². The molecule has 2 aliphatic heterocycles. The van der Waals surface area contributed by atoms with Gasteiger partial charge in [-0.3, -0.25) is 20.3 Å². The molecule has 2 aromatic carbocycles. The van der Waals surface area contributed by atoms with Crippen molar-refractivity contribution in [2.24, 2.45) is 16.0 Å². The summed E-state index contributed by atoms with van der Waals surface area (Å²) in [6.07, 6.45) is 1.49. The van der Waals surface area contributed by atoms with Gasteiger partial charge in [0.25, 0.3) is 11.6 Å². The quantitative estimate of drug-likeness (QED) is 0.190. The van der Waals surface area contributed by atoms with Crippen molar-refractivity contribution in [3.8, 4) is 11.5 Å². The predicted octanol–water partition coefficient (Wildman–Crippen LogP) is 4.49. The first kappa shape index (κ1) is 24.8. The molecule has 11 nitrogen and oxygen atoms in total. The van der Waals surface area contributed by atoms with E-state index in [-0.39, 0.29) is 46.7 Å². The van der Waals surface area contributed by atoms with Crippen molar-refractivity contribution in [2.45, 2.75) is 20.8 Å². The topological polar surface area (TPSA) is 148 Å². The second-order valence-electron chi connectivity index (χ2n) is 7.95. The van der Waals surface area contributed by atoms with Gasteiger partial charge in [0.05, 0.1) is 22.7 Å². The van der Waals surface area contributed by atoms with Crippen LogP contribution < -0.4 is 9.47 Å². The van der Waals surface area contributed by atoms with Crippen LogP contribution in [0.15, 0.2) is 58.1 Å². The normalized spacial score (nSPS) is 16.1. The number of rotatable bonds is 7. The molecule has 36 heavy (non-hydrogen) atoms. The van der Waals surface area contributed by atoms with Crippen LogP contribution >= 0.6 is 11.8 Å². The van der Waals surface area contributed by atoms with Gasteiger partial charge in [0.2, 0.25) is 5.17 Å². The Morgan fingerprint density at radius 1 is 1.25 bits per heavy atom. The minimum absolute atomic E-state index is 0.0116. The number of hydrogen-bond acceptors (Lipinski definition) is 9. The number of nitro groups is 1. The van der Waals surface area contributed by atoms with Crippen molar-refractivity contribution in [3.63, 3.8) is 0 Å². The van der Waals surface area contributed by atoms with Gasteiger partial charge in [0.15, 0.2) is 17.3 Å². The molecular formula is C24H21N5O6S. The number of thioether (sulfide) groups is 1. The summed E-state index contributed by atoms with van der Waals surface area (Å²) >= 11 is 1.27. The van der Waals surface area contributed by atoms with Crippen LogP contribution in [0.1, 0.15) is 36.7 Å². The fourth-order valence-corrected chi connectivity index (χ4v) is 4.17. The van der Waals surface area contributed by atoms with Crippen LogP contribution in [0, 0.1) is 21.4 Å². The summed E-state index contributed by atoms with van der Waals surface area (Å²) in [6.45, 7) is 5.95. The molecule has 0 fully saturated rings. The van der Waals surface area contributed by atoms with E-state index in [1.807, 2.05) is 13.8 Å². The van der Waals surface area contributed by atoms with Gasteiger partial charge in [0, 0.05) is 18.1 Å². The average Bonchev–Trinajstić information content (AvgIpc) is 3.28. The Labute approximate surface area is 210 Å². The van der Waals surface area contributed by atoms with Crippen molar-refractivity contribution >= 4 is 51.4 Å². The molecule has 1 amide bonds. The van der Waals surface area contributed by atoms with E-state index < -0.39 is 16.8 Å². The van der Waals surface area contributed by atoms with E-state index in [4.69, 9.17) is 14.9 Å². The highest BCUT2D eigenvalue weighted by Crippen LogP contribution is 2.33. The zero-order valence-electron chi connectivity index (χ0n) is 19.5. The molecule has 2 aromatic rings. The number of ether oxygens (including phenoxy) is 2. The van der Waals surface area contributed by atoms with Crippen molar-refractivity contribution in [3.05, 3.63) is 69.3 Å². The minimum atomic E-state index is -0.790. The summed E-state index contributed by atoms with van der Waals surface area (Å²) in [4.78, 5) is 39.7. The van der Waals surface area contributed by atoms with E-state index in [1.165, 1.54) is 47.1 Å². The number of nitrogens with zero attached hydrogens (tertiary/aromatic N) is 4. The summed E-state index contributed by atoms with van der Waals surface area (Å²) in [5, 5.41) is 26.3. The summed E-state index contributed by atoms with van der Waals surface area (Å²) in [6, 6.07) is 9.84. The molecule has 0 radical (unpaired) electrons. The van der Waals surface area contributed by atoms with Crippen LogP contribution in [0.4, 0.5) is 5.69 Å². The predicted molar refractivity (Wildman–Crippen MR) is 136 cm³/mol. The van der Waals surface area contributed by atoms with Gasteiger partial charge in [-0.05, 0) is 48.5 Å². The molecule has 0 aromatic heterocycles. The number of non-ortho nitro benzene ring substituents is 1. The maximum Gasteiger partial charge on any atom is 0.343 e. The number of amidine groups is 2. The van der Waals surface area contributed by atoms with Crippen molar-refractivity contribution < 1.29 is 24.0 Å². The molecule has 0 saturated carbocycles. The maximum absolute atomic E-state index is 12.6. The molecular weight excluding hydrogens is 486 g/mol. The monoisotopic (exact) mass is 507 g/mol. The number of hydrazone groups is 1. The molecule has 0 aliphatic carbocycles. The zero-order valence-corrected chi connectivity index (χ0v) is 20.4. The third-order valence-electron chi connectivity index (χ3n) is 5.04. The lowest BCUT2D eigenvalue weighted by Gasteiger charge is -2.20. The number of aliphatic imine (C=N–C) groups is 1. The van der Waals surface area contributed by atoms with Crippen molar-refractivity contribution in [1.29, 1.82) is 5.41 Å². The van der Waals surface area contributed by atoms with Crippen molar-refractivity contribution in [1.82, 2.24) is 5.01 Å². The number of hydrogen-bond donors (Lipinski definition) is 1. The minimum Gasteiger partial charge on any atom is -0.490 e. The maximum atomic E-state index is 12.6. The van der Waals surface area contributed by atoms with E-state index in [2.05, 4.69) is 10.1 Å². The molecule has 12 heteroatoms. The second kappa shape index (κ2) is 10.1. The number of nitro benzene ring substituents is 1. The number of carbonyl (C=O) groups excluding carboxylic acids is 2. The molecule has 0 unspecified atom stereocenters. The van der Waals surface area contributed by atoms with E-state index >= 15 is 0 Å². The van der Waals surface area contributed by atoms with Crippen LogP contribution in [0.25, 0.3) is 6.08 Å². The summed E-state index contributed by atoms with van der Waals surface area (Å²) in [5.41, 5.74) is 0.345. The smallest absolute Gasteiger partial charge is 0.343 e. The van der Waals surface area contributed by atoms with Gasteiger partial charge in [0.1, 0.15) is 5.04 Å². The van der Waals surface area contributed by atoms with Gasteiger partial charge in [-0.1, -0.05) is 26.0 Å². The summed E-state index contributed by atoms with van der Waals surface area (Å²) in [5.74, 6) is -0.985. The largest absolute Gasteiger partial charge is 0.490 e. The molecule has 0 spiro atoms. The Morgan fingerprint density at radius 3 is 2.72 bits per heavy atom. The highest BCUT2D eigenvalue weighted by atomic mass is 32.2. The lowest BCUT2D eigenvalue weighted by molar-refractivity contribution is -0.384. The standard InChI is InChI=1S/C24H21N5O6S/c1-4-34-19-11-14(8-9-18(19)35-23(31)15-6-5-7-16(12-15)29(32)33)10-17-20(25)28-24(26-21(17)30)36-22(27-28)13(2)3/h5-13,25H,4H2,1-3H3. The Balaban J connectivity index is 1.61. The van der Waals surface area contributed by atoms with Gasteiger partial charge >= 0.3 is 5.97 Å². The summed E-state index contributed by atoms with van der Waals surface area (Å²) in [7, 11) is 0. The Hall–Kier alpha value is -4.32. The average molecular weight is 508 g/mol. The Morgan fingerprint density at radius 2 is 2.03 bits per heavy atom. The molecule has 0 saturated heterocycles. The van der Waals surface area contributed by atoms with Crippen LogP contribution in [0.5, 0.6) is 11.5 Å². The molecule has 2 aliphatic rings. The highest BCUT2D eigenvalue weighted by Gasteiger charge is 2.36. The third kappa shape index (κ3) is 5.03. The van der Waals surface area contributed by atoms with Gasteiger partial charge in [-0.15, -0.1) is 0 Å². The fraction of sp³-hybridized carbons (Fsp3) is 0.208. The lowest BCUT2D eigenvalue weighted by Crippen LogP contribution is -2.35.